The van der Waals surface area contributed by atoms with Crippen molar-refractivity contribution >= 4 is 47.4 Å². The molecule has 3 rings (SSSR count). The van der Waals surface area contributed by atoms with Crippen molar-refractivity contribution in [3.63, 3.8) is 0 Å². The molecule has 0 bridgehead atoms. The zero-order valence-corrected chi connectivity index (χ0v) is 20.7. The average molecular weight is 541 g/mol. The van der Waals surface area contributed by atoms with Crippen LogP contribution in [0.2, 0.25) is 5.02 Å². The lowest BCUT2D eigenvalue weighted by atomic mass is 10.1. The maximum absolute atomic E-state index is 11.8. The topological polar surface area (TPSA) is 47.9 Å². The molecule has 0 aliphatic carbocycles. The molecule has 7 heteroatoms. The minimum absolute atomic E-state index is 0. The van der Waals surface area contributed by atoms with Gasteiger partial charge in [0.1, 0.15) is 0 Å². The Morgan fingerprint density at radius 1 is 1.17 bits per heavy atom. The van der Waals surface area contributed by atoms with Crippen LogP contribution >= 0.6 is 35.6 Å². The molecule has 0 atom stereocenters. The summed E-state index contributed by atoms with van der Waals surface area (Å²) in [5.74, 6) is 1.11. The number of rotatable bonds is 7. The Morgan fingerprint density at radius 2 is 1.87 bits per heavy atom. The largest absolute Gasteiger partial charge is 0.357 e. The molecular weight excluding hydrogens is 511 g/mol. The summed E-state index contributed by atoms with van der Waals surface area (Å²) in [4.78, 5) is 20.6. The number of nitrogens with one attached hydrogen (secondary N) is 1. The minimum Gasteiger partial charge on any atom is -0.357 e. The van der Waals surface area contributed by atoms with E-state index in [-0.39, 0.29) is 29.9 Å². The number of hydrogen-bond donors (Lipinski definition) is 1. The fraction of sp³-hybridized carbons (Fsp3) is 0.391. The molecule has 2 aromatic rings. The minimum atomic E-state index is 0. The summed E-state index contributed by atoms with van der Waals surface area (Å²) in [6, 6.07) is 16.3. The van der Waals surface area contributed by atoms with Gasteiger partial charge in [0.15, 0.2) is 5.96 Å². The third kappa shape index (κ3) is 6.87. The highest BCUT2D eigenvalue weighted by molar-refractivity contribution is 14.0. The van der Waals surface area contributed by atoms with Gasteiger partial charge in [-0.05, 0) is 36.1 Å². The van der Waals surface area contributed by atoms with Crippen LogP contribution < -0.4 is 5.32 Å². The molecule has 2 aromatic carbocycles. The van der Waals surface area contributed by atoms with E-state index in [0.29, 0.717) is 26.1 Å². The summed E-state index contributed by atoms with van der Waals surface area (Å²) in [5, 5.41) is 4.11. The van der Waals surface area contributed by atoms with Crippen LogP contribution in [0.1, 0.15) is 36.5 Å². The SMILES string of the molecule is CCNC(=NCc1ccc(CN2CCCC2=O)cc1)N(C)Cc1ccccc1Cl.I. The van der Waals surface area contributed by atoms with E-state index in [4.69, 9.17) is 16.6 Å². The van der Waals surface area contributed by atoms with E-state index in [2.05, 4.69) is 41.4 Å². The second-order valence-corrected chi connectivity index (χ2v) is 7.76. The molecular formula is C23H30ClIN4O. The maximum Gasteiger partial charge on any atom is 0.222 e. The first-order valence-electron chi connectivity index (χ1n) is 10.1. The van der Waals surface area contributed by atoms with E-state index in [1.54, 1.807) is 0 Å². The number of likely N-dealkylation sites (tertiary alicyclic amines) is 1. The maximum atomic E-state index is 11.8. The van der Waals surface area contributed by atoms with Crippen LogP contribution in [0.5, 0.6) is 0 Å². The van der Waals surface area contributed by atoms with Gasteiger partial charge in [-0.25, -0.2) is 4.99 Å². The van der Waals surface area contributed by atoms with Crippen molar-refractivity contribution in [1.29, 1.82) is 0 Å². The van der Waals surface area contributed by atoms with Crippen molar-refractivity contribution in [1.82, 2.24) is 15.1 Å². The predicted molar refractivity (Wildman–Crippen MR) is 134 cm³/mol. The highest BCUT2D eigenvalue weighted by atomic mass is 127. The highest BCUT2D eigenvalue weighted by Gasteiger charge is 2.19. The molecule has 0 aromatic heterocycles. The number of carbonyl (C=O) groups is 1. The van der Waals surface area contributed by atoms with Gasteiger partial charge in [-0.15, -0.1) is 24.0 Å². The van der Waals surface area contributed by atoms with Crippen LogP contribution in [0, 0.1) is 0 Å². The molecule has 0 spiro atoms. The number of amides is 1. The molecule has 5 nitrogen and oxygen atoms in total. The molecule has 1 fully saturated rings. The van der Waals surface area contributed by atoms with E-state index < -0.39 is 0 Å². The van der Waals surface area contributed by atoms with Gasteiger partial charge < -0.3 is 15.1 Å². The van der Waals surface area contributed by atoms with Crippen LogP contribution in [-0.4, -0.2) is 41.8 Å². The van der Waals surface area contributed by atoms with E-state index in [0.717, 1.165) is 47.2 Å². The first-order valence-corrected chi connectivity index (χ1v) is 10.5. The Morgan fingerprint density at radius 3 is 2.50 bits per heavy atom. The van der Waals surface area contributed by atoms with Crippen molar-refractivity contribution < 1.29 is 4.79 Å². The first kappa shape index (κ1) is 24.5. The van der Waals surface area contributed by atoms with Gasteiger partial charge in [0.25, 0.3) is 0 Å². The van der Waals surface area contributed by atoms with Crippen LogP contribution in [0.4, 0.5) is 0 Å². The highest BCUT2D eigenvalue weighted by Crippen LogP contribution is 2.17. The van der Waals surface area contributed by atoms with Gasteiger partial charge >= 0.3 is 0 Å². The van der Waals surface area contributed by atoms with Gasteiger partial charge in [-0.3, -0.25) is 4.79 Å². The lowest BCUT2D eigenvalue weighted by Crippen LogP contribution is -2.38. The predicted octanol–water partition coefficient (Wildman–Crippen LogP) is 4.68. The second kappa shape index (κ2) is 12.2. The van der Waals surface area contributed by atoms with Crippen LogP contribution in [-0.2, 0) is 24.4 Å². The van der Waals surface area contributed by atoms with Crippen molar-refractivity contribution in [2.24, 2.45) is 4.99 Å². The smallest absolute Gasteiger partial charge is 0.222 e. The molecule has 0 saturated carbocycles. The molecule has 0 unspecified atom stereocenters. The number of hydrogen-bond acceptors (Lipinski definition) is 2. The van der Waals surface area contributed by atoms with Gasteiger partial charge in [0.05, 0.1) is 6.54 Å². The number of benzene rings is 2. The normalized spacial score (nSPS) is 13.9. The van der Waals surface area contributed by atoms with Crippen molar-refractivity contribution in [3.05, 3.63) is 70.2 Å². The molecule has 1 aliphatic heterocycles. The lowest BCUT2D eigenvalue weighted by molar-refractivity contribution is -0.128. The molecule has 1 N–H and O–H groups in total. The number of nitrogens with zero attached hydrogens (tertiary/aromatic N) is 3. The molecule has 30 heavy (non-hydrogen) atoms. The van der Waals surface area contributed by atoms with Crippen LogP contribution in [0.3, 0.4) is 0 Å². The molecule has 162 valence electrons. The Hall–Kier alpha value is -1.80. The quantitative estimate of drug-likeness (QED) is 0.315. The Bertz CT molecular complexity index is 857. The summed E-state index contributed by atoms with van der Waals surface area (Å²) in [6.45, 7) is 5.72. The van der Waals surface area contributed by atoms with Crippen molar-refractivity contribution in [2.45, 2.75) is 39.4 Å². The lowest BCUT2D eigenvalue weighted by Gasteiger charge is -2.22. The fourth-order valence-corrected chi connectivity index (χ4v) is 3.63. The van der Waals surface area contributed by atoms with Gasteiger partial charge in [0.2, 0.25) is 5.91 Å². The molecule has 1 amide bonds. The summed E-state index contributed by atoms with van der Waals surface area (Å²) in [7, 11) is 2.01. The number of guanidine groups is 1. The average Bonchev–Trinajstić information content (AvgIpc) is 3.12. The fourth-order valence-electron chi connectivity index (χ4n) is 3.43. The number of carbonyl (C=O) groups excluding carboxylic acids is 1. The first-order chi connectivity index (χ1) is 14.1. The zero-order valence-electron chi connectivity index (χ0n) is 17.6. The molecule has 1 saturated heterocycles. The second-order valence-electron chi connectivity index (χ2n) is 7.35. The standard InChI is InChI=1S/C23H29ClN4O.HI/c1-3-25-23(27(2)17-20-7-4-5-8-21(20)24)26-15-18-10-12-19(13-11-18)16-28-14-6-9-22(28)29;/h4-5,7-8,10-13H,3,6,9,14-17H2,1-2H3,(H,25,26);1H. The summed E-state index contributed by atoms with van der Waals surface area (Å²) in [6.07, 6.45) is 1.66. The van der Waals surface area contributed by atoms with Gasteiger partial charge in [-0.2, -0.15) is 0 Å². The number of aliphatic imine (C=N–C) groups is 1. The van der Waals surface area contributed by atoms with Crippen LogP contribution in [0.25, 0.3) is 0 Å². The Kier molecular flexibility index (Phi) is 9.91. The van der Waals surface area contributed by atoms with Crippen molar-refractivity contribution in [2.75, 3.05) is 20.1 Å². The van der Waals surface area contributed by atoms with E-state index in [1.165, 1.54) is 0 Å². The van der Waals surface area contributed by atoms with Crippen molar-refractivity contribution in [3.8, 4) is 0 Å². The van der Waals surface area contributed by atoms with Crippen LogP contribution in [0.15, 0.2) is 53.5 Å². The number of halogens is 2. The summed E-state index contributed by atoms with van der Waals surface area (Å²) in [5.41, 5.74) is 3.38. The van der Waals surface area contributed by atoms with E-state index >= 15 is 0 Å². The molecule has 1 heterocycles. The third-order valence-electron chi connectivity index (χ3n) is 5.04. The van der Waals surface area contributed by atoms with Gasteiger partial charge in [-0.1, -0.05) is 54.1 Å². The molecule has 1 aliphatic rings. The zero-order chi connectivity index (χ0) is 20.6. The summed E-state index contributed by atoms with van der Waals surface area (Å²) >= 11 is 6.30. The third-order valence-corrected chi connectivity index (χ3v) is 5.41. The summed E-state index contributed by atoms with van der Waals surface area (Å²) < 4.78 is 0. The Balaban J connectivity index is 0.00000320. The van der Waals surface area contributed by atoms with E-state index in [9.17, 15) is 4.79 Å². The van der Waals surface area contributed by atoms with Gasteiger partial charge in [0, 0.05) is 44.7 Å². The molecule has 0 radical (unpaired) electrons. The Labute approximate surface area is 201 Å². The monoisotopic (exact) mass is 540 g/mol. The van der Waals surface area contributed by atoms with E-state index in [1.807, 2.05) is 36.2 Å².